The lowest BCUT2D eigenvalue weighted by Gasteiger charge is -2.31. The second kappa shape index (κ2) is 12.9. The van der Waals surface area contributed by atoms with Gasteiger partial charge < -0.3 is 9.64 Å². The van der Waals surface area contributed by atoms with Gasteiger partial charge in [0.15, 0.2) is 0 Å². The molecule has 238 valence electrons. The molecule has 2 heteroatoms. The molecule has 1 aliphatic carbocycles. The van der Waals surface area contributed by atoms with Crippen LogP contribution in [0.1, 0.15) is 17.9 Å². The minimum absolute atomic E-state index is 0.202. The summed E-state index contributed by atoms with van der Waals surface area (Å²) in [5.41, 5.74) is 14.4. The molecule has 1 atom stereocenters. The van der Waals surface area contributed by atoms with E-state index in [-0.39, 0.29) is 5.92 Å². The summed E-state index contributed by atoms with van der Waals surface area (Å²) < 4.78 is 6.26. The lowest BCUT2D eigenvalue weighted by Crippen LogP contribution is -2.20. The first-order chi connectivity index (χ1) is 24.8. The maximum atomic E-state index is 6.26. The predicted octanol–water partition coefficient (Wildman–Crippen LogP) is 12.8. The third-order valence-corrected chi connectivity index (χ3v) is 9.86. The molecule has 1 unspecified atom stereocenters. The number of para-hydroxylation sites is 1. The van der Waals surface area contributed by atoms with Crippen molar-refractivity contribution in [1.82, 2.24) is 0 Å². The summed E-state index contributed by atoms with van der Waals surface area (Å²) in [5.74, 6) is 2.19. The monoisotopic (exact) mass is 641 g/mol. The largest absolute Gasteiger partial charge is 0.461 e. The first kappa shape index (κ1) is 29.7. The molecule has 0 fully saturated rings. The van der Waals surface area contributed by atoms with Crippen LogP contribution in [0.2, 0.25) is 0 Å². The van der Waals surface area contributed by atoms with Crippen LogP contribution in [0.3, 0.4) is 0 Å². The maximum absolute atomic E-state index is 6.26. The Labute approximate surface area is 293 Å². The van der Waals surface area contributed by atoms with Crippen molar-refractivity contribution in [1.29, 1.82) is 0 Å². The third kappa shape index (κ3) is 5.71. The van der Waals surface area contributed by atoms with E-state index in [1.165, 1.54) is 55.8 Å². The molecule has 0 radical (unpaired) electrons. The second-order valence-corrected chi connectivity index (χ2v) is 12.9. The number of fused-ring (bicyclic) bond motifs is 3. The number of benzene rings is 7. The summed E-state index contributed by atoms with van der Waals surface area (Å²) in [5, 5.41) is 0. The minimum atomic E-state index is 0.202. The third-order valence-electron chi connectivity index (χ3n) is 9.86. The van der Waals surface area contributed by atoms with Gasteiger partial charge in [-0.15, -0.1) is 0 Å². The molecule has 7 aromatic carbocycles. The molecular formula is C48H35NO. The van der Waals surface area contributed by atoms with Crippen LogP contribution in [0.25, 0.3) is 44.5 Å². The van der Waals surface area contributed by atoms with Crippen LogP contribution in [0.15, 0.2) is 206 Å². The van der Waals surface area contributed by atoms with E-state index in [1.807, 2.05) is 6.07 Å². The first-order valence-electron chi connectivity index (χ1n) is 17.3. The first-order valence-corrected chi connectivity index (χ1v) is 17.3. The highest BCUT2D eigenvalue weighted by Gasteiger charge is 2.33. The number of hydrogen-bond donors (Lipinski definition) is 0. The molecule has 50 heavy (non-hydrogen) atoms. The van der Waals surface area contributed by atoms with Gasteiger partial charge in [0.2, 0.25) is 0 Å². The number of ether oxygens (including phenoxy) is 1. The molecule has 0 saturated carbocycles. The highest BCUT2D eigenvalue weighted by atomic mass is 16.5. The van der Waals surface area contributed by atoms with Crippen LogP contribution >= 0.6 is 0 Å². The zero-order valence-corrected chi connectivity index (χ0v) is 27.6. The standard InChI is InChI=1S/C48H35NO/c1-3-11-34(12-4-1)38-15-9-17-40(31-38)36-21-25-42(26-22-36)49(44-29-30-48-46(33-44)45-19-7-8-20-47(45)50-48)43-27-23-37(24-28-43)41-18-10-16-39(32-41)35-13-5-2-6-14-35/h1-32,46H,33H2. The Balaban J connectivity index is 1.07. The van der Waals surface area contributed by atoms with Gasteiger partial charge in [0.25, 0.3) is 0 Å². The molecule has 0 N–H and O–H groups in total. The van der Waals surface area contributed by atoms with Crippen molar-refractivity contribution < 1.29 is 4.74 Å². The molecular weight excluding hydrogens is 607 g/mol. The van der Waals surface area contributed by atoms with E-state index >= 15 is 0 Å². The highest BCUT2D eigenvalue weighted by Crippen LogP contribution is 2.48. The summed E-state index contributed by atoms with van der Waals surface area (Å²) in [4.78, 5) is 2.41. The lowest BCUT2D eigenvalue weighted by atomic mass is 9.89. The van der Waals surface area contributed by atoms with Crippen molar-refractivity contribution in [3.63, 3.8) is 0 Å². The van der Waals surface area contributed by atoms with Gasteiger partial charge in [0, 0.05) is 29.1 Å². The van der Waals surface area contributed by atoms with E-state index < -0.39 is 0 Å². The fourth-order valence-electron chi connectivity index (χ4n) is 7.30. The lowest BCUT2D eigenvalue weighted by molar-refractivity contribution is 0.423. The van der Waals surface area contributed by atoms with Crippen molar-refractivity contribution >= 4 is 11.4 Å². The van der Waals surface area contributed by atoms with Gasteiger partial charge >= 0.3 is 0 Å². The molecule has 1 aliphatic heterocycles. The second-order valence-electron chi connectivity index (χ2n) is 12.9. The number of allylic oxidation sites excluding steroid dienone is 4. The zero-order chi connectivity index (χ0) is 33.3. The van der Waals surface area contributed by atoms with Gasteiger partial charge in [-0.05, 0) is 99.1 Å². The smallest absolute Gasteiger partial charge is 0.130 e. The van der Waals surface area contributed by atoms with Crippen molar-refractivity contribution in [2.45, 2.75) is 12.3 Å². The van der Waals surface area contributed by atoms with Crippen molar-refractivity contribution in [2.75, 3.05) is 4.90 Å². The molecule has 0 amide bonds. The molecule has 2 nitrogen and oxygen atoms in total. The maximum Gasteiger partial charge on any atom is 0.130 e. The van der Waals surface area contributed by atoms with Gasteiger partial charge in [-0.25, -0.2) is 0 Å². The van der Waals surface area contributed by atoms with Crippen molar-refractivity contribution in [2.24, 2.45) is 0 Å². The van der Waals surface area contributed by atoms with Crippen LogP contribution in [0.5, 0.6) is 5.75 Å². The van der Waals surface area contributed by atoms with E-state index in [9.17, 15) is 0 Å². The molecule has 2 aliphatic rings. The highest BCUT2D eigenvalue weighted by molar-refractivity contribution is 5.79. The van der Waals surface area contributed by atoms with Crippen LogP contribution < -0.4 is 9.64 Å². The van der Waals surface area contributed by atoms with Gasteiger partial charge in [-0.2, -0.15) is 0 Å². The van der Waals surface area contributed by atoms with Crippen LogP contribution in [-0.4, -0.2) is 0 Å². The van der Waals surface area contributed by atoms with Crippen molar-refractivity contribution in [3.05, 3.63) is 211 Å². The fourth-order valence-corrected chi connectivity index (χ4v) is 7.30. The number of nitrogens with zero attached hydrogens (tertiary/aromatic N) is 1. The average molecular weight is 642 g/mol. The Morgan fingerprint density at radius 1 is 0.400 bits per heavy atom. The summed E-state index contributed by atoms with van der Waals surface area (Å²) in [6.07, 6.45) is 5.24. The number of rotatable bonds is 7. The quantitative estimate of drug-likeness (QED) is 0.172. The predicted molar refractivity (Wildman–Crippen MR) is 207 cm³/mol. The Kier molecular flexibility index (Phi) is 7.68. The summed E-state index contributed by atoms with van der Waals surface area (Å²) in [6, 6.07) is 65.1. The van der Waals surface area contributed by atoms with Gasteiger partial charge in [0.05, 0.1) is 5.92 Å². The van der Waals surface area contributed by atoms with E-state index in [2.05, 4.69) is 193 Å². The van der Waals surface area contributed by atoms with Crippen LogP contribution in [0, 0.1) is 0 Å². The summed E-state index contributed by atoms with van der Waals surface area (Å²) in [7, 11) is 0. The zero-order valence-electron chi connectivity index (χ0n) is 27.6. The van der Waals surface area contributed by atoms with Gasteiger partial charge in [-0.3, -0.25) is 0 Å². The fraction of sp³-hybridized carbons (Fsp3) is 0.0417. The number of anilines is 2. The summed E-state index contributed by atoms with van der Waals surface area (Å²) in [6.45, 7) is 0. The topological polar surface area (TPSA) is 12.5 Å². The van der Waals surface area contributed by atoms with Crippen LogP contribution in [0.4, 0.5) is 11.4 Å². The SMILES string of the molecule is C1=C2Oc3ccccc3C2CC(N(c2ccc(-c3cccc(-c4ccccc4)c3)cc2)c2ccc(-c3cccc(-c4ccccc4)c3)cc2)=C1. The Bertz CT molecular complexity index is 2230. The Morgan fingerprint density at radius 2 is 0.840 bits per heavy atom. The minimum Gasteiger partial charge on any atom is -0.461 e. The Hall–Kier alpha value is -6.38. The van der Waals surface area contributed by atoms with Gasteiger partial charge in [0.1, 0.15) is 11.5 Å². The molecule has 0 spiro atoms. The average Bonchev–Trinajstić information content (AvgIpc) is 3.57. The molecule has 1 heterocycles. The van der Waals surface area contributed by atoms with E-state index in [4.69, 9.17) is 4.74 Å². The molecule has 0 saturated heterocycles. The number of hydrogen-bond acceptors (Lipinski definition) is 2. The Morgan fingerprint density at radius 3 is 1.36 bits per heavy atom. The van der Waals surface area contributed by atoms with Crippen LogP contribution in [-0.2, 0) is 0 Å². The molecule has 7 aromatic rings. The van der Waals surface area contributed by atoms with Gasteiger partial charge in [-0.1, -0.05) is 140 Å². The molecule has 9 rings (SSSR count). The van der Waals surface area contributed by atoms with E-state index in [1.54, 1.807) is 0 Å². The van der Waals surface area contributed by atoms with E-state index in [0.717, 1.165) is 29.3 Å². The van der Waals surface area contributed by atoms with Crippen molar-refractivity contribution in [3.8, 4) is 50.3 Å². The molecule has 0 bridgehead atoms. The molecule has 0 aromatic heterocycles. The summed E-state index contributed by atoms with van der Waals surface area (Å²) >= 11 is 0. The normalized spacial score (nSPS) is 14.5. The van der Waals surface area contributed by atoms with E-state index in [0.29, 0.717) is 0 Å².